The number of carbonyl (C=O) groups is 2. The Hall–Kier alpha value is -2.71. The predicted molar refractivity (Wildman–Crippen MR) is 149 cm³/mol. The summed E-state index contributed by atoms with van der Waals surface area (Å²) in [6, 6.07) is 19.5. The van der Waals surface area contributed by atoms with E-state index < -0.39 is 0 Å². The zero-order valence-electron chi connectivity index (χ0n) is 20.7. The smallest absolute Gasteiger partial charge is 0.261 e. The lowest BCUT2D eigenvalue weighted by Gasteiger charge is -2.31. The van der Waals surface area contributed by atoms with Gasteiger partial charge in [-0.1, -0.05) is 60.8 Å². The molecule has 194 valence electrons. The van der Waals surface area contributed by atoms with Crippen LogP contribution in [0.4, 0.5) is 5.69 Å². The molecule has 1 aromatic heterocycles. The second-order valence-corrected chi connectivity index (χ2v) is 11.7. The van der Waals surface area contributed by atoms with Crippen LogP contribution in [-0.2, 0) is 11.3 Å². The summed E-state index contributed by atoms with van der Waals surface area (Å²) >= 11 is 7.23. The maximum absolute atomic E-state index is 13.2. The molecule has 1 saturated carbocycles. The average molecular weight is 538 g/mol. The summed E-state index contributed by atoms with van der Waals surface area (Å²) in [6.45, 7) is 2.42. The molecule has 6 nitrogen and oxygen atoms in total. The molecule has 2 amide bonds. The third-order valence-corrected chi connectivity index (χ3v) is 8.57. The quantitative estimate of drug-likeness (QED) is 0.368. The SMILES string of the molecule is O=C(N[C@@H]1CCCC[C@@H]1C(=O)Nc1ccc(-c2ccccc2CN2CCC(O)C2)cc1)c1ccc(Cl)s1. The number of thiophene rings is 1. The van der Waals surface area contributed by atoms with Crippen molar-refractivity contribution in [2.24, 2.45) is 5.92 Å². The minimum absolute atomic E-state index is 0.0602. The topological polar surface area (TPSA) is 81.7 Å². The van der Waals surface area contributed by atoms with Gasteiger partial charge in [0.05, 0.1) is 21.2 Å². The molecule has 0 spiro atoms. The summed E-state index contributed by atoms with van der Waals surface area (Å²) < 4.78 is 0.573. The first-order valence-electron chi connectivity index (χ1n) is 12.9. The number of anilines is 1. The Morgan fingerprint density at radius 3 is 2.51 bits per heavy atom. The van der Waals surface area contributed by atoms with Crippen LogP contribution in [0.2, 0.25) is 4.34 Å². The van der Waals surface area contributed by atoms with Gasteiger partial charge in [0.2, 0.25) is 5.91 Å². The van der Waals surface area contributed by atoms with Crippen LogP contribution in [0, 0.1) is 5.92 Å². The van der Waals surface area contributed by atoms with Crippen molar-refractivity contribution in [3.05, 3.63) is 75.4 Å². The van der Waals surface area contributed by atoms with Crippen LogP contribution in [0.1, 0.15) is 47.3 Å². The van der Waals surface area contributed by atoms with Gasteiger partial charge in [0.15, 0.2) is 0 Å². The Morgan fingerprint density at radius 1 is 1.00 bits per heavy atom. The molecule has 1 unspecified atom stereocenters. The summed E-state index contributed by atoms with van der Waals surface area (Å²) in [5.74, 6) is -0.507. The Balaban J connectivity index is 1.24. The molecular formula is C29H32ClN3O3S. The predicted octanol–water partition coefficient (Wildman–Crippen LogP) is 5.56. The van der Waals surface area contributed by atoms with Gasteiger partial charge in [0.1, 0.15) is 0 Å². The second-order valence-electron chi connectivity index (χ2n) is 9.98. The first kappa shape index (κ1) is 25.9. The number of hydrogen-bond acceptors (Lipinski definition) is 5. The third kappa shape index (κ3) is 6.41. The van der Waals surface area contributed by atoms with Crippen LogP contribution in [0.5, 0.6) is 0 Å². The van der Waals surface area contributed by atoms with Crippen molar-refractivity contribution in [2.45, 2.75) is 50.8 Å². The van der Waals surface area contributed by atoms with Gasteiger partial charge in [-0.15, -0.1) is 11.3 Å². The highest BCUT2D eigenvalue weighted by atomic mass is 35.5. The van der Waals surface area contributed by atoms with E-state index in [0.29, 0.717) is 15.8 Å². The standard InChI is InChI=1S/C29H32ClN3O3S/c30-27-14-13-26(37-27)29(36)32-25-8-4-3-7-24(25)28(35)31-21-11-9-19(10-12-21)23-6-2-1-5-20(23)17-33-16-15-22(34)18-33/h1-2,5-6,9-14,22,24-25,34H,3-4,7-8,15-18H2,(H,31,35)(H,32,36)/t22?,24-,25+/m0/s1. The fourth-order valence-corrected chi connectivity index (χ4v) is 6.34. The van der Waals surface area contributed by atoms with E-state index in [1.54, 1.807) is 12.1 Å². The van der Waals surface area contributed by atoms with Crippen LogP contribution in [0.25, 0.3) is 11.1 Å². The Morgan fingerprint density at radius 2 is 1.78 bits per heavy atom. The van der Waals surface area contributed by atoms with E-state index in [-0.39, 0.29) is 29.9 Å². The minimum atomic E-state index is -0.274. The number of hydrogen-bond donors (Lipinski definition) is 3. The number of carbonyl (C=O) groups excluding carboxylic acids is 2. The lowest BCUT2D eigenvalue weighted by Crippen LogP contribution is -2.46. The summed E-state index contributed by atoms with van der Waals surface area (Å²) in [5, 5.41) is 16.0. The molecule has 1 aliphatic heterocycles. The van der Waals surface area contributed by atoms with Crippen molar-refractivity contribution in [1.82, 2.24) is 10.2 Å². The molecule has 1 saturated heterocycles. The molecule has 2 fully saturated rings. The second kappa shape index (κ2) is 11.8. The maximum atomic E-state index is 13.2. The van der Waals surface area contributed by atoms with Crippen LogP contribution in [0.3, 0.4) is 0 Å². The van der Waals surface area contributed by atoms with Crippen molar-refractivity contribution in [3.8, 4) is 11.1 Å². The van der Waals surface area contributed by atoms with Gasteiger partial charge in [0, 0.05) is 31.4 Å². The summed E-state index contributed by atoms with van der Waals surface area (Å²) in [7, 11) is 0. The average Bonchev–Trinajstić information content (AvgIpc) is 3.53. The molecule has 3 N–H and O–H groups in total. The monoisotopic (exact) mass is 537 g/mol. The molecule has 1 aliphatic carbocycles. The highest BCUT2D eigenvalue weighted by Gasteiger charge is 2.32. The number of β-amino-alcohol motifs (C(OH)–C–C–N with tert-alkyl or cyclic N) is 1. The zero-order chi connectivity index (χ0) is 25.8. The van der Waals surface area contributed by atoms with E-state index in [2.05, 4.69) is 27.7 Å². The van der Waals surface area contributed by atoms with E-state index in [1.165, 1.54) is 16.9 Å². The Kier molecular flexibility index (Phi) is 8.25. The number of amides is 2. The molecule has 3 atom stereocenters. The van der Waals surface area contributed by atoms with Crippen molar-refractivity contribution in [2.75, 3.05) is 18.4 Å². The fraction of sp³-hybridized carbons (Fsp3) is 0.379. The Bertz CT molecular complexity index is 1250. The summed E-state index contributed by atoms with van der Waals surface area (Å²) in [6.07, 6.45) is 4.08. The van der Waals surface area contributed by atoms with Crippen molar-refractivity contribution < 1.29 is 14.7 Å². The van der Waals surface area contributed by atoms with Crippen LogP contribution in [0.15, 0.2) is 60.7 Å². The van der Waals surface area contributed by atoms with Crippen molar-refractivity contribution in [3.63, 3.8) is 0 Å². The van der Waals surface area contributed by atoms with Crippen LogP contribution in [-0.4, -0.2) is 47.1 Å². The van der Waals surface area contributed by atoms with E-state index >= 15 is 0 Å². The van der Waals surface area contributed by atoms with Gasteiger partial charge in [0.25, 0.3) is 5.91 Å². The molecule has 5 rings (SSSR count). The van der Waals surface area contributed by atoms with E-state index in [1.807, 2.05) is 36.4 Å². The first-order chi connectivity index (χ1) is 18.0. The Labute approximate surface area is 226 Å². The lowest BCUT2D eigenvalue weighted by molar-refractivity contribution is -0.121. The van der Waals surface area contributed by atoms with Gasteiger partial charge >= 0.3 is 0 Å². The van der Waals surface area contributed by atoms with E-state index in [4.69, 9.17) is 11.6 Å². The number of halogens is 1. The van der Waals surface area contributed by atoms with Gasteiger partial charge in [-0.05, 0) is 60.2 Å². The molecule has 3 aromatic rings. The summed E-state index contributed by atoms with van der Waals surface area (Å²) in [5.41, 5.74) is 4.21. The number of nitrogens with one attached hydrogen (secondary N) is 2. The highest BCUT2D eigenvalue weighted by Crippen LogP contribution is 2.30. The molecule has 8 heteroatoms. The molecule has 2 aliphatic rings. The zero-order valence-corrected chi connectivity index (χ0v) is 22.2. The number of likely N-dealkylation sites (tertiary alicyclic amines) is 1. The van der Waals surface area contributed by atoms with Crippen molar-refractivity contribution >= 4 is 40.4 Å². The molecule has 2 heterocycles. The molecule has 0 bridgehead atoms. The van der Waals surface area contributed by atoms with Crippen molar-refractivity contribution in [1.29, 1.82) is 0 Å². The molecule has 2 aromatic carbocycles. The maximum Gasteiger partial charge on any atom is 0.261 e. The van der Waals surface area contributed by atoms with Gasteiger partial charge < -0.3 is 15.7 Å². The van der Waals surface area contributed by atoms with Gasteiger partial charge in [-0.2, -0.15) is 0 Å². The van der Waals surface area contributed by atoms with Crippen LogP contribution >= 0.6 is 22.9 Å². The van der Waals surface area contributed by atoms with Crippen LogP contribution < -0.4 is 10.6 Å². The highest BCUT2D eigenvalue weighted by molar-refractivity contribution is 7.18. The third-order valence-electron chi connectivity index (χ3n) is 7.34. The summed E-state index contributed by atoms with van der Waals surface area (Å²) in [4.78, 5) is 28.7. The van der Waals surface area contributed by atoms with Gasteiger partial charge in [-0.3, -0.25) is 14.5 Å². The number of rotatable bonds is 7. The lowest BCUT2D eigenvalue weighted by atomic mass is 9.83. The number of nitrogens with zero attached hydrogens (tertiary/aromatic N) is 1. The first-order valence-corrected chi connectivity index (χ1v) is 14.1. The largest absolute Gasteiger partial charge is 0.392 e. The molecule has 37 heavy (non-hydrogen) atoms. The number of aliphatic hydroxyl groups is 1. The normalized spacial score (nSPS) is 22.1. The van der Waals surface area contributed by atoms with Gasteiger partial charge in [-0.25, -0.2) is 0 Å². The number of benzene rings is 2. The fourth-order valence-electron chi connectivity index (χ4n) is 5.40. The molecule has 0 radical (unpaired) electrons. The van der Waals surface area contributed by atoms with E-state index in [9.17, 15) is 14.7 Å². The molecular weight excluding hydrogens is 506 g/mol. The van der Waals surface area contributed by atoms with E-state index in [0.717, 1.165) is 62.0 Å². The minimum Gasteiger partial charge on any atom is -0.392 e. The number of aliphatic hydroxyl groups excluding tert-OH is 1.